The molecule has 1 N–H and O–H groups in total. The number of aliphatic hydroxyl groups is 1. The molecule has 1 fully saturated rings. The number of benzene rings is 2. The highest BCUT2D eigenvalue weighted by molar-refractivity contribution is 5.76. The molecule has 1 aromatic heterocycles. The molecule has 0 bridgehead atoms. The Hall–Kier alpha value is -2.54. The van der Waals surface area contributed by atoms with Gasteiger partial charge < -0.3 is 9.52 Å². The van der Waals surface area contributed by atoms with Crippen LogP contribution in [0.25, 0.3) is 11.0 Å². The lowest BCUT2D eigenvalue weighted by Crippen LogP contribution is -2.52. The predicted molar refractivity (Wildman–Crippen MR) is 110 cm³/mol. The molecule has 0 spiro atoms. The maximum atomic E-state index is 14.1. The van der Waals surface area contributed by atoms with Crippen LogP contribution in [-0.2, 0) is 13.1 Å². The number of nitrogens with zero attached hydrogens (tertiary/aromatic N) is 2. The van der Waals surface area contributed by atoms with Gasteiger partial charge in [0, 0.05) is 56.5 Å². The molecule has 5 nitrogen and oxygen atoms in total. The molecular formula is C23H25FN2O3. The monoisotopic (exact) mass is 396 g/mol. The Kier molecular flexibility index (Phi) is 6.04. The number of rotatable bonds is 6. The third kappa shape index (κ3) is 4.40. The number of fused-ring (bicyclic) bond motifs is 1. The van der Waals surface area contributed by atoms with Crippen LogP contribution in [0.1, 0.15) is 17.5 Å². The van der Waals surface area contributed by atoms with Gasteiger partial charge in [0.25, 0.3) is 0 Å². The summed E-state index contributed by atoms with van der Waals surface area (Å²) in [4.78, 5) is 17.2. The molecule has 29 heavy (non-hydrogen) atoms. The molecule has 0 radical (unpaired) electrons. The van der Waals surface area contributed by atoms with Gasteiger partial charge in [-0.05, 0) is 24.6 Å². The van der Waals surface area contributed by atoms with E-state index in [1.807, 2.05) is 18.2 Å². The minimum atomic E-state index is -0.202. The summed E-state index contributed by atoms with van der Waals surface area (Å²) >= 11 is 0. The van der Waals surface area contributed by atoms with Crippen LogP contribution in [0.3, 0.4) is 0 Å². The fourth-order valence-corrected chi connectivity index (χ4v) is 4.05. The van der Waals surface area contributed by atoms with Crippen molar-refractivity contribution in [3.8, 4) is 0 Å². The maximum Gasteiger partial charge on any atom is 0.197 e. The van der Waals surface area contributed by atoms with E-state index in [0.717, 1.165) is 13.1 Å². The standard InChI is InChI=1S/C23H25FN2O3/c24-21-7-3-1-5-17(21)14-26-11-10-25(15-19(26)9-12-27)13-18-16-29-22-8-4-2-6-20(22)23(18)28/h1-8,16,19,27H,9-15H2/t19-/m0/s1. The lowest BCUT2D eigenvalue weighted by Gasteiger charge is -2.41. The van der Waals surface area contributed by atoms with Crippen LogP contribution < -0.4 is 5.43 Å². The van der Waals surface area contributed by atoms with E-state index in [4.69, 9.17) is 4.42 Å². The van der Waals surface area contributed by atoms with E-state index >= 15 is 0 Å². The van der Waals surface area contributed by atoms with Gasteiger partial charge in [0.05, 0.1) is 11.6 Å². The average Bonchev–Trinajstić information content (AvgIpc) is 2.74. The Bertz CT molecular complexity index is 1040. The molecule has 1 atom stereocenters. The molecule has 4 rings (SSSR count). The highest BCUT2D eigenvalue weighted by atomic mass is 19.1. The van der Waals surface area contributed by atoms with Gasteiger partial charge in [-0.15, -0.1) is 0 Å². The summed E-state index contributed by atoms with van der Waals surface area (Å²) in [7, 11) is 0. The summed E-state index contributed by atoms with van der Waals surface area (Å²) in [6.45, 7) is 3.32. The van der Waals surface area contributed by atoms with Crippen molar-refractivity contribution in [1.82, 2.24) is 9.80 Å². The van der Waals surface area contributed by atoms with Gasteiger partial charge in [-0.1, -0.05) is 30.3 Å². The van der Waals surface area contributed by atoms with E-state index < -0.39 is 0 Å². The summed E-state index contributed by atoms with van der Waals surface area (Å²) in [6, 6.07) is 14.2. The van der Waals surface area contributed by atoms with E-state index in [2.05, 4.69) is 9.80 Å². The number of hydrogen-bond acceptors (Lipinski definition) is 5. The van der Waals surface area contributed by atoms with Crippen molar-refractivity contribution in [1.29, 1.82) is 0 Å². The van der Waals surface area contributed by atoms with Crippen molar-refractivity contribution >= 4 is 11.0 Å². The van der Waals surface area contributed by atoms with Gasteiger partial charge in [0.2, 0.25) is 0 Å². The highest BCUT2D eigenvalue weighted by Crippen LogP contribution is 2.20. The number of para-hydroxylation sites is 1. The summed E-state index contributed by atoms with van der Waals surface area (Å²) in [5.41, 5.74) is 1.89. The smallest absolute Gasteiger partial charge is 0.197 e. The lowest BCUT2D eigenvalue weighted by molar-refractivity contribution is 0.0489. The van der Waals surface area contributed by atoms with E-state index in [9.17, 15) is 14.3 Å². The van der Waals surface area contributed by atoms with E-state index in [1.165, 1.54) is 6.07 Å². The molecule has 1 saturated heterocycles. The van der Waals surface area contributed by atoms with Gasteiger partial charge in [0.15, 0.2) is 5.43 Å². The molecule has 2 heterocycles. The first-order valence-corrected chi connectivity index (χ1v) is 9.96. The second kappa shape index (κ2) is 8.86. The third-order valence-electron chi connectivity index (χ3n) is 5.63. The van der Waals surface area contributed by atoms with Crippen molar-refractivity contribution in [2.45, 2.75) is 25.6 Å². The highest BCUT2D eigenvalue weighted by Gasteiger charge is 2.27. The van der Waals surface area contributed by atoms with Gasteiger partial charge in [-0.2, -0.15) is 0 Å². The Morgan fingerprint density at radius 3 is 2.66 bits per heavy atom. The molecule has 2 aromatic carbocycles. The third-order valence-corrected chi connectivity index (χ3v) is 5.63. The summed E-state index contributed by atoms with van der Waals surface area (Å²) < 4.78 is 19.7. The first-order valence-electron chi connectivity index (χ1n) is 9.96. The molecular weight excluding hydrogens is 371 g/mol. The molecule has 1 aliphatic rings. The van der Waals surface area contributed by atoms with Crippen LogP contribution >= 0.6 is 0 Å². The Morgan fingerprint density at radius 2 is 1.83 bits per heavy atom. The van der Waals surface area contributed by atoms with E-state index in [0.29, 0.717) is 48.2 Å². The zero-order chi connectivity index (χ0) is 20.2. The molecule has 1 aliphatic heterocycles. The lowest BCUT2D eigenvalue weighted by atomic mass is 10.1. The normalized spacial score (nSPS) is 18.3. The Balaban J connectivity index is 1.48. The van der Waals surface area contributed by atoms with Crippen molar-refractivity contribution in [2.24, 2.45) is 0 Å². The van der Waals surface area contributed by atoms with Gasteiger partial charge in [-0.3, -0.25) is 14.6 Å². The summed E-state index contributed by atoms with van der Waals surface area (Å²) in [6.07, 6.45) is 2.16. The van der Waals surface area contributed by atoms with Crippen LogP contribution in [0.15, 0.2) is 64.0 Å². The summed E-state index contributed by atoms with van der Waals surface area (Å²) in [5, 5.41) is 10.1. The number of hydrogen-bond donors (Lipinski definition) is 1. The number of halogens is 1. The molecule has 6 heteroatoms. The number of aliphatic hydroxyl groups excluding tert-OH is 1. The second-order valence-electron chi connectivity index (χ2n) is 7.55. The van der Waals surface area contributed by atoms with E-state index in [-0.39, 0.29) is 23.9 Å². The SMILES string of the molecule is O=c1c(CN2CCN(Cc3ccccc3F)[C@@H](CCO)C2)coc2ccccc12. The Morgan fingerprint density at radius 1 is 1.03 bits per heavy atom. The molecule has 152 valence electrons. The maximum absolute atomic E-state index is 14.1. The van der Waals surface area contributed by atoms with Crippen molar-refractivity contribution in [3.05, 3.63) is 82.0 Å². The van der Waals surface area contributed by atoms with E-state index in [1.54, 1.807) is 30.5 Å². The first kappa shape index (κ1) is 19.8. The fraction of sp³-hybridized carbons (Fsp3) is 0.348. The molecule has 3 aromatic rings. The minimum Gasteiger partial charge on any atom is -0.464 e. The zero-order valence-electron chi connectivity index (χ0n) is 16.3. The molecule has 0 aliphatic carbocycles. The fourth-order valence-electron chi connectivity index (χ4n) is 4.05. The topological polar surface area (TPSA) is 56.9 Å². The van der Waals surface area contributed by atoms with Crippen LogP contribution in [0.5, 0.6) is 0 Å². The molecule has 0 unspecified atom stereocenters. The largest absolute Gasteiger partial charge is 0.464 e. The van der Waals surface area contributed by atoms with Crippen molar-refractivity contribution in [2.75, 3.05) is 26.2 Å². The average molecular weight is 396 g/mol. The van der Waals surface area contributed by atoms with Crippen LogP contribution in [0, 0.1) is 5.82 Å². The van der Waals surface area contributed by atoms with Crippen LogP contribution in [-0.4, -0.2) is 47.2 Å². The van der Waals surface area contributed by atoms with Gasteiger partial charge >= 0.3 is 0 Å². The molecule has 0 saturated carbocycles. The summed E-state index contributed by atoms with van der Waals surface area (Å²) in [5.74, 6) is -0.202. The van der Waals surface area contributed by atoms with Crippen LogP contribution in [0.4, 0.5) is 4.39 Å². The van der Waals surface area contributed by atoms with Gasteiger partial charge in [-0.25, -0.2) is 4.39 Å². The van der Waals surface area contributed by atoms with Crippen molar-refractivity contribution in [3.63, 3.8) is 0 Å². The minimum absolute atomic E-state index is 0.000607. The zero-order valence-corrected chi connectivity index (χ0v) is 16.3. The van der Waals surface area contributed by atoms with Crippen molar-refractivity contribution < 1.29 is 13.9 Å². The molecule has 0 amide bonds. The quantitative estimate of drug-likeness (QED) is 0.694. The predicted octanol–water partition coefficient (Wildman–Crippen LogP) is 3.00. The van der Waals surface area contributed by atoms with Crippen LogP contribution in [0.2, 0.25) is 0 Å². The Labute approximate surface area is 169 Å². The second-order valence-corrected chi connectivity index (χ2v) is 7.55. The number of piperazine rings is 1. The first-order chi connectivity index (χ1) is 14.2. The van der Waals surface area contributed by atoms with Gasteiger partial charge in [0.1, 0.15) is 11.4 Å².